The number of carbonyl (C=O) groups excluding carboxylic acids is 1. The molecule has 19 heavy (non-hydrogen) atoms. The van der Waals surface area contributed by atoms with Crippen LogP contribution in [-0.2, 0) is 16.1 Å². The molecule has 0 radical (unpaired) electrons. The molecule has 7 heteroatoms. The fraction of sp³-hybridized carbons (Fsp3) is 0.500. The van der Waals surface area contributed by atoms with Gasteiger partial charge in [0.2, 0.25) is 0 Å². The first-order valence-corrected chi connectivity index (χ1v) is 6.51. The van der Waals surface area contributed by atoms with Crippen molar-refractivity contribution in [1.82, 2.24) is 10.3 Å². The molecule has 1 aliphatic carbocycles. The normalized spacial score (nSPS) is 15.5. The number of rotatable bonds is 5. The summed E-state index contributed by atoms with van der Waals surface area (Å²) in [6, 6.07) is 3.05. The predicted molar refractivity (Wildman–Crippen MR) is 76.9 cm³/mol. The van der Waals surface area contributed by atoms with Gasteiger partial charge in [-0.25, -0.2) is 4.98 Å². The summed E-state index contributed by atoms with van der Waals surface area (Å²) < 4.78 is 5.25. The number of carbonyl (C=O) groups is 1. The lowest BCUT2D eigenvalue weighted by molar-refractivity contribution is -0.148. The average Bonchev–Trinajstić information content (AvgIpc) is 3.10. The van der Waals surface area contributed by atoms with Crippen molar-refractivity contribution < 1.29 is 9.53 Å². The van der Waals surface area contributed by atoms with Gasteiger partial charge in [-0.2, -0.15) is 0 Å². The molecule has 1 fully saturated rings. The Morgan fingerprint density at radius 1 is 1.47 bits per heavy atom. The van der Waals surface area contributed by atoms with E-state index in [4.69, 9.17) is 27.9 Å². The van der Waals surface area contributed by atoms with Crippen molar-refractivity contribution in [3.8, 4) is 0 Å². The van der Waals surface area contributed by atoms with Crippen LogP contribution in [-0.4, -0.2) is 24.0 Å². The number of likely N-dealkylation sites (N-methyl/N-ethyl adjacent to an activating group) is 1. The van der Waals surface area contributed by atoms with Crippen LogP contribution in [0, 0.1) is 5.92 Å². The van der Waals surface area contributed by atoms with E-state index in [0.29, 0.717) is 16.2 Å². The topological polar surface area (TPSA) is 51.2 Å². The summed E-state index contributed by atoms with van der Waals surface area (Å²) in [4.78, 5) is 15.7. The molecule has 0 aliphatic heterocycles. The lowest BCUT2D eigenvalue weighted by Gasteiger charge is -2.14. The molecule has 0 aromatic carbocycles. The third-order valence-corrected chi connectivity index (χ3v) is 3.25. The molecular formula is C12H15Cl3N2O2. The molecule has 0 amide bonds. The molecule has 1 aromatic rings. The molecule has 0 saturated heterocycles. The Bertz CT molecular complexity index is 432. The Morgan fingerprint density at radius 3 is 2.53 bits per heavy atom. The number of halogens is 3. The minimum atomic E-state index is -0.232. The van der Waals surface area contributed by atoms with Crippen LogP contribution in [0.2, 0.25) is 10.3 Å². The highest BCUT2D eigenvalue weighted by Gasteiger charge is 2.36. The van der Waals surface area contributed by atoms with E-state index in [1.807, 2.05) is 0 Å². The highest BCUT2D eigenvalue weighted by atomic mass is 35.5. The van der Waals surface area contributed by atoms with Gasteiger partial charge in [0.15, 0.2) is 0 Å². The third-order valence-electron chi connectivity index (χ3n) is 2.86. The molecule has 1 saturated carbocycles. The fourth-order valence-corrected chi connectivity index (χ4v) is 2.32. The molecule has 1 N–H and O–H groups in total. The quantitative estimate of drug-likeness (QED) is 0.668. The molecule has 0 spiro atoms. The Labute approximate surface area is 128 Å². The molecule has 0 unspecified atom stereocenters. The van der Waals surface area contributed by atoms with Crippen LogP contribution in [0.3, 0.4) is 0 Å². The molecule has 1 heterocycles. The zero-order valence-electron chi connectivity index (χ0n) is 10.4. The highest BCUT2D eigenvalue weighted by Crippen LogP contribution is 2.33. The van der Waals surface area contributed by atoms with E-state index in [9.17, 15) is 4.79 Å². The summed E-state index contributed by atoms with van der Waals surface area (Å²) in [6.45, 7) is 0.158. The lowest BCUT2D eigenvalue weighted by Crippen LogP contribution is -2.37. The minimum Gasteiger partial charge on any atom is -0.460 e. The van der Waals surface area contributed by atoms with Crippen LogP contribution >= 0.6 is 35.6 Å². The Kier molecular flexibility index (Phi) is 6.33. The second kappa shape index (κ2) is 7.29. The first-order chi connectivity index (χ1) is 8.60. The predicted octanol–water partition coefficient (Wildman–Crippen LogP) is 2.85. The molecule has 1 atom stereocenters. The van der Waals surface area contributed by atoms with Crippen molar-refractivity contribution >= 4 is 41.6 Å². The van der Waals surface area contributed by atoms with E-state index in [0.717, 1.165) is 18.4 Å². The van der Waals surface area contributed by atoms with Gasteiger partial charge in [0, 0.05) is 0 Å². The Morgan fingerprint density at radius 2 is 2.05 bits per heavy atom. The standard InChI is InChI=1S/C12H14Cl2N2O2.ClH/c1-15-11(8-2-3-8)12(17)18-6-7-4-9(13)16-10(14)5-7;/h4-5,8,11,15H,2-3,6H2,1H3;1H/t11-;/m0./s1. The second-order valence-electron chi connectivity index (χ2n) is 4.33. The smallest absolute Gasteiger partial charge is 0.323 e. The molecule has 0 bridgehead atoms. The van der Waals surface area contributed by atoms with Crippen LogP contribution in [0.25, 0.3) is 0 Å². The monoisotopic (exact) mass is 324 g/mol. The van der Waals surface area contributed by atoms with Crippen LogP contribution in [0.5, 0.6) is 0 Å². The average molecular weight is 326 g/mol. The maximum atomic E-state index is 11.8. The number of esters is 1. The summed E-state index contributed by atoms with van der Waals surface area (Å²) in [7, 11) is 1.77. The largest absolute Gasteiger partial charge is 0.460 e. The number of nitrogens with zero attached hydrogens (tertiary/aromatic N) is 1. The SMILES string of the molecule is CN[C@H](C(=O)OCc1cc(Cl)nc(Cl)c1)C1CC1.Cl. The molecule has 4 nitrogen and oxygen atoms in total. The van der Waals surface area contributed by atoms with Gasteiger partial charge in [-0.3, -0.25) is 4.79 Å². The third kappa shape index (κ3) is 4.80. The van der Waals surface area contributed by atoms with Gasteiger partial charge in [-0.15, -0.1) is 12.4 Å². The molecule has 2 rings (SSSR count). The van der Waals surface area contributed by atoms with E-state index in [1.54, 1.807) is 19.2 Å². The molecule has 1 aliphatic rings. The number of aromatic nitrogens is 1. The van der Waals surface area contributed by atoms with Gasteiger partial charge in [0.05, 0.1) is 0 Å². The summed E-state index contributed by atoms with van der Waals surface area (Å²) in [6.07, 6.45) is 2.15. The first kappa shape index (κ1) is 16.5. The van der Waals surface area contributed by atoms with E-state index in [-0.39, 0.29) is 31.0 Å². The van der Waals surface area contributed by atoms with Gasteiger partial charge >= 0.3 is 5.97 Å². The number of hydrogen-bond donors (Lipinski definition) is 1. The number of ether oxygens (including phenoxy) is 1. The summed E-state index contributed by atoms with van der Waals surface area (Å²) in [5, 5.41) is 3.57. The Balaban J connectivity index is 0.00000180. The van der Waals surface area contributed by atoms with Crippen molar-refractivity contribution in [2.24, 2.45) is 5.92 Å². The van der Waals surface area contributed by atoms with Gasteiger partial charge in [0.1, 0.15) is 23.0 Å². The van der Waals surface area contributed by atoms with Crippen molar-refractivity contribution in [2.45, 2.75) is 25.5 Å². The van der Waals surface area contributed by atoms with Crippen LogP contribution in [0.1, 0.15) is 18.4 Å². The second-order valence-corrected chi connectivity index (χ2v) is 5.11. The van der Waals surface area contributed by atoms with Gasteiger partial charge in [0.25, 0.3) is 0 Å². The van der Waals surface area contributed by atoms with E-state index < -0.39 is 0 Å². The maximum Gasteiger partial charge on any atom is 0.323 e. The fourth-order valence-electron chi connectivity index (χ4n) is 1.82. The maximum absolute atomic E-state index is 11.8. The lowest BCUT2D eigenvalue weighted by atomic mass is 10.2. The first-order valence-electron chi connectivity index (χ1n) is 5.76. The molecule has 106 valence electrons. The Hall–Kier alpha value is -0.550. The highest BCUT2D eigenvalue weighted by molar-refractivity contribution is 6.32. The number of hydrogen-bond acceptors (Lipinski definition) is 4. The van der Waals surface area contributed by atoms with E-state index >= 15 is 0 Å². The van der Waals surface area contributed by atoms with Gasteiger partial charge in [-0.05, 0) is 43.5 Å². The molecular weight excluding hydrogens is 311 g/mol. The summed E-state index contributed by atoms with van der Waals surface area (Å²) in [5.41, 5.74) is 0.735. The van der Waals surface area contributed by atoms with Crippen LogP contribution in [0.15, 0.2) is 12.1 Å². The van der Waals surface area contributed by atoms with Crippen LogP contribution < -0.4 is 5.32 Å². The zero-order valence-corrected chi connectivity index (χ0v) is 12.7. The minimum absolute atomic E-state index is 0. The summed E-state index contributed by atoms with van der Waals surface area (Å²) >= 11 is 11.5. The summed E-state index contributed by atoms with van der Waals surface area (Å²) in [5.74, 6) is 0.177. The van der Waals surface area contributed by atoms with Crippen molar-refractivity contribution in [3.05, 3.63) is 28.0 Å². The van der Waals surface area contributed by atoms with Gasteiger partial charge in [-0.1, -0.05) is 23.2 Å². The molecule has 1 aromatic heterocycles. The zero-order chi connectivity index (χ0) is 13.1. The van der Waals surface area contributed by atoms with E-state index in [2.05, 4.69) is 10.3 Å². The van der Waals surface area contributed by atoms with Crippen molar-refractivity contribution in [2.75, 3.05) is 7.05 Å². The number of pyridine rings is 1. The van der Waals surface area contributed by atoms with Crippen molar-refractivity contribution in [1.29, 1.82) is 0 Å². The number of nitrogens with one attached hydrogen (secondary N) is 1. The van der Waals surface area contributed by atoms with E-state index in [1.165, 1.54) is 0 Å². The van der Waals surface area contributed by atoms with Crippen LogP contribution in [0.4, 0.5) is 0 Å². The van der Waals surface area contributed by atoms with Gasteiger partial charge < -0.3 is 10.1 Å². The van der Waals surface area contributed by atoms with Crippen molar-refractivity contribution in [3.63, 3.8) is 0 Å².